The van der Waals surface area contributed by atoms with E-state index in [9.17, 15) is 14.4 Å². The first-order chi connectivity index (χ1) is 19.6. The Hall–Kier alpha value is -3.72. The quantitative estimate of drug-likeness (QED) is 0.359. The second-order valence-electron chi connectivity index (χ2n) is 12.2. The molecule has 0 bridgehead atoms. The van der Waals surface area contributed by atoms with Gasteiger partial charge in [-0.25, -0.2) is 9.78 Å². The molecule has 1 saturated heterocycles. The predicted molar refractivity (Wildman–Crippen MR) is 161 cm³/mol. The van der Waals surface area contributed by atoms with Crippen molar-refractivity contribution < 1.29 is 19.1 Å². The Labute approximate surface area is 244 Å². The van der Waals surface area contributed by atoms with Crippen LogP contribution in [0.1, 0.15) is 72.2 Å². The number of nitrogens with zero attached hydrogens (tertiary/aromatic N) is 3. The zero-order valence-electron chi connectivity index (χ0n) is 23.8. The molecule has 1 aromatic carbocycles. The van der Waals surface area contributed by atoms with Gasteiger partial charge in [0.05, 0.1) is 16.6 Å². The van der Waals surface area contributed by atoms with Gasteiger partial charge in [-0.2, -0.15) is 0 Å². The predicted octanol–water partition coefficient (Wildman–Crippen LogP) is 6.10. The van der Waals surface area contributed by atoms with Gasteiger partial charge in [-0.1, -0.05) is 24.3 Å². The molecule has 2 aromatic heterocycles. The summed E-state index contributed by atoms with van der Waals surface area (Å²) < 4.78 is 5.40. The fraction of sp³-hybridized carbons (Fsp3) is 0.438. The van der Waals surface area contributed by atoms with E-state index in [1.165, 1.54) is 0 Å². The molecular weight excluding hydrogens is 536 g/mol. The fourth-order valence-electron chi connectivity index (χ4n) is 5.55. The lowest BCUT2D eigenvalue weighted by atomic mass is 10.1. The van der Waals surface area contributed by atoms with E-state index in [0.29, 0.717) is 43.4 Å². The maximum Gasteiger partial charge on any atom is 0.407 e. The van der Waals surface area contributed by atoms with Gasteiger partial charge in [-0.3, -0.25) is 9.59 Å². The Balaban J connectivity index is 1.19. The highest BCUT2D eigenvalue weighted by atomic mass is 32.1. The number of fused-ring (bicyclic) bond motifs is 3. The molecule has 9 heteroatoms. The molecule has 0 spiro atoms. The largest absolute Gasteiger partial charge is 0.444 e. The van der Waals surface area contributed by atoms with Gasteiger partial charge in [0.1, 0.15) is 17.1 Å². The van der Waals surface area contributed by atoms with E-state index in [4.69, 9.17) is 9.72 Å². The van der Waals surface area contributed by atoms with Crippen molar-refractivity contribution in [1.82, 2.24) is 10.3 Å². The minimum Gasteiger partial charge on any atom is -0.444 e. The number of nitrogens with one attached hydrogen (secondary N) is 1. The summed E-state index contributed by atoms with van der Waals surface area (Å²) in [6, 6.07) is 15.5. The second kappa shape index (κ2) is 10.9. The number of ether oxygens (including phenoxy) is 1. The van der Waals surface area contributed by atoms with Crippen LogP contribution >= 0.6 is 11.3 Å². The Kier molecular flexibility index (Phi) is 7.32. The maximum atomic E-state index is 13.9. The van der Waals surface area contributed by atoms with Crippen LogP contribution in [0.2, 0.25) is 0 Å². The lowest BCUT2D eigenvalue weighted by Crippen LogP contribution is -2.40. The molecule has 1 saturated carbocycles. The van der Waals surface area contributed by atoms with Crippen LogP contribution in [-0.4, -0.2) is 54.0 Å². The van der Waals surface area contributed by atoms with Crippen molar-refractivity contribution in [2.45, 2.75) is 64.5 Å². The number of benzene rings is 1. The summed E-state index contributed by atoms with van der Waals surface area (Å²) in [5.74, 6) is 1.36. The molecule has 1 aliphatic carbocycles. The van der Waals surface area contributed by atoms with Gasteiger partial charge >= 0.3 is 6.09 Å². The normalized spacial score (nSPS) is 18.4. The molecule has 0 unspecified atom stereocenters. The van der Waals surface area contributed by atoms with E-state index in [1.807, 2.05) is 68.1 Å². The first-order valence-electron chi connectivity index (χ1n) is 14.4. The molecule has 8 nitrogen and oxygen atoms in total. The standard InChI is InChI=1S/C32H36N4O4S/c1-32(2,3)40-31(39)33-22-14-15-35(19-22)28-10-6-8-24(34-28)30(38)36-16-13-21-18-27(26(37)17-20-11-12-20)41-29(21)23-7-4-5-9-25(23)36/h4-10,18,20,22H,11-17,19H2,1-3H3,(H,33,39)/t22-/m0/s1. The molecular formula is C32H36N4O4S. The van der Waals surface area contributed by atoms with Crippen molar-refractivity contribution >= 4 is 40.6 Å². The van der Waals surface area contributed by atoms with Crippen LogP contribution in [0.4, 0.5) is 16.3 Å². The summed E-state index contributed by atoms with van der Waals surface area (Å²) in [5.41, 5.74) is 2.78. The molecule has 4 heterocycles. The zero-order chi connectivity index (χ0) is 28.7. The molecule has 41 heavy (non-hydrogen) atoms. The highest BCUT2D eigenvalue weighted by Gasteiger charge is 2.31. The fourth-order valence-corrected chi connectivity index (χ4v) is 6.74. The van der Waals surface area contributed by atoms with Crippen LogP contribution in [0.3, 0.4) is 0 Å². The molecule has 3 aromatic rings. The number of pyridine rings is 1. The number of para-hydroxylation sites is 1. The number of aromatic nitrogens is 1. The van der Waals surface area contributed by atoms with Gasteiger partial charge in [0, 0.05) is 36.5 Å². The van der Waals surface area contributed by atoms with Crippen LogP contribution in [0.15, 0.2) is 48.5 Å². The van der Waals surface area contributed by atoms with Gasteiger partial charge in [0.25, 0.3) is 5.91 Å². The number of rotatable bonds is 6. The molecule has 214 valence electrons. The topological polar surface area (TPSA) is 91.8 Å². The van der Waals surface area contributed by atoms with Crippen molar-refractivity contribution in [3.8, 4) is 10.4 Å². The Morgan fingerprint density at radius 3 is 2.63 bits per heavy atom. The number of ketones is 1. The van der Waals surface area contributed by atoms with E-state index in [2.05, 4.69) is 10.2 Å². The van der Waals surface area contributed by atoms with Gasteiger partial charge in [0.15, 0.2) is 5.78 Å². The molecule has 1 atom stereocenters. The molecule has 2 aliphatic heterocycles. The van der Waals surface area contributed by atoms with Gasteiger partial charge in [0.2, 0.25) is 0 Å². The second-order valence-corrected chi connectivity index (χ2v) is 13.3. The number of amides is 2. The van der Waals surface area contributed by atoms with E-state index in [-0.39, 0.29) is 17.7 Å². The molecule has 3 aliphatic rings. The van der Waals surface area contributed by atoms with Crippen molar-refractivity contribution in [3.05, 3.63) is 64.7 Å². The van der Waals surface area contributed by atoms with E-state index < -0.39 is 11.7 Å². The third-order valence-corrected chi connectivity index (χ3v) is 8.98. The van der Waals surface area contributed by atoms with Crippen LogP contribution in [-0.2, 0) is 11.2 Å². The monoisotopic (exact) mass is 572 g/mol. The number of thiophene rings is 1. The summed E-state index contributed by atoms with van der Waals surface area (Å²) in [6.07, 6.45) is 3.98. The summed E-state index contributed by atoms with van der Waals surface area (Å²) >= 11 is 1.56. The van der Waals surface area contributed by atoms with Crippen LogP contribution in [0, 0.1) is 5.92 Å². The van der Waals surface area contributed by atoms with Crippen LogP contribution < -0.4 is 15.1 Å². The third-order valence-electron chi connectivity index (χ3n) is 7.73. The molecule has 2 amide bonds. The number of hydrogen-bond donors (Lipinski definition) is 1. The van der Waals surface area contributed by atoms with E-state index in [0.717, 1.165) is 52.4 Å². The van der Waals surface area contributed by atoms with Crippen molar-refractivity contribution in [2.24, 2.45) is 5.92 Å². The van der Waals surface area contributed by atoms with Crippen molar-refractivity contribution in [1.29, 1.82) is 0 Å². The summed E-state index contributed by atoms with van der Waals surface area (Å²) in [4.78, 5) is 49.6. The number of carbonyl (C=O) groups is 3. The number of alkyl carbamates (subject to hydrolysis) is 1. The minimum atomic E-state index is -0.551. The SMILES string of the molecule is CC(C)(C)OC(=O)N[C@H]1CCN(c2cccc(C(=O)N3CCc4cc(C(=O)CC5CC5)sc4-c4ccccc43)n2)C1. The van der Waals surface area contributed by atoms with Crippen molar-refractivity contribution in [2.75, 3.05) is 29.4 Å². The summed E-state index contributed by atoms with van der Waals surface area (Å²) in [6.45, 7) is 7.36. The Morgan fingerprint density at radius 2 is 1.85 bits per heavy atom. The number of anilines is 2. The van der Waals surface area contributed by atoms with Crippen LogP contribution in [0.25, 0.3) is 10.4 Å². The van der Waals surface area contributed by atoms with Crippen LogP contribution in [0.5, 0.6) is 0 Å². The molecule has 2 fully saturated rings. The van der Waals surface area contributed by atoms with Gasteiger partial charge in [-0.05, 0) is 82.2 Å². The number of Topliss-reactive ketones (excluding diaryl/α,β-unsaturated/α-hetero) is 1. The van der Waals surface area contributed by atoms with Gasteiger partial charge < -0.3 is 19.9 Å². The smallest absolute Gasteiger partial charge is 0.407 e. The average molecular weight is 573 g/mol. The van der Waals surface area contributed by atoms with E-state index >= 15 is 0 Å². The maximum absolute atomic E-state index is 13.9. The summed E-state index contributed by atoms with van der Waals surface area (Å²) in [5, 5.41) is 2.95. The highest BCUT2D eigenvalue weighted by molar-refractivity contribution is 7.17. The Bertz CT molecular complexity index is 1490. The molecule has 6 rings (SSSR count). The van der Waals surface area contributed by atoms with E-state index in [1.54, 1.807) is 17.4 Å². The third kappa shape index (κ3) is 6.15. The average Bonchev–Trinajstić information content (AvgIpc) is 3.49. The Morgan fingerprint density at radius 1 is 1.05 bits per heavy atom. The molecule has 1 N–H and O–H groups in total. The molecule has 0 radical (unpaired) electrons. The number of hydrogen-bond acceptors (Lipinski definition) is 7. The zero-order valence-corrected chi connectivity index (χ0v) is 24.6. The lowest BCUT2D eigenvalue weighted by molar-refractivity contribution is 0.0508. The minimum absolute atomic E-state index is 0.0523. The first kappa shape index (κ1) is 27.4. The van der Waals surface area contributed by atoms with Crippen molar-refractivity contribution in [3.63, 3.8) is 0 Å². The summed E-state index contributed by atoms with van der Waals surface area (Å²) in [7, 11) is 0. The number of carbonyl (C=O) groups excluding carboxylic acids is 3. The van der Waals surface area contributed by atoms with Gasteiger partial charge in [-0.15, -0.1) is 11.3 Å². The lowest BCUT2D eigenvalue weighted by Gasteiger charge is -2.24. The first-order valence-corrected chi connectivity index (χ1v) is 15.2. The highest BCUT2D eigenvalue weighted by Crippen LogP contribution is 2.43.